The van der Waals surface area contributed by atoms with Crippen molar-refractivity contribution >= 4 is 11.5 Å². The number of anilines is 1. The number of hydrogen-bond donors (Lipinski definition) is 1. The van der Waals surface area contributed by atoms with E-state index in [4.69, 9.17) is 0 Å². The van der Waals surface area contributed by atoms with Crippen LogP contribution in [-0.4, -0.2) is 41.4 Å². The Kier molecular flexibility index (Phi) is 3.81. The third-order valence-corrected chi connectivity index (χ3v) is 3.28. The van der Waals surface area contributed by atoms with Gasteiger partial charge in [-0.05, 0) is 31.8 Å². The molecule has 0 aliphatic carbocycles. The summed E-state index contributed by atoms with van der Waals surface area (Å²) < 4.78 is 1.49. The van der Waals surface area contributed by atoms with Gasteiger partial charge in [-0.3, -0.25) is 14.8 Å². The summed E-state index contributed by atoms with van der Waals surface area (Å²) in [6.45, 7) is 2.85. The van der Waals surface area contributed by atoms with Crippen LogP contribution in [-0.2, 0) is 7.05 Å². The molecule has 0 radical (unpaired) electrons. The molecule has 18 heavy (non-hydrogen) atoms. The molecule has 1 atom stereocenters. The zero-order chi connectivity index (χ0) is 13.1. The van der Waals surface area contributed by atoms with Crippen molar-refractivity contribution in [1.82, 2.24) is 15.1 Å². The zero-order valence-electron chi connectivity index (χ0n) is 10.8. The maximum atomic E-state index is 10.9. The first kappa shape index (κ1) is 12.8. The molecule has 1 saturated heterocycles. The molecule has 0 aromatic carbocycles. The van der Waals surface area contributed by atoms with Crippen molar-refractivity contribution in [2.24, 2.45) is 13.0 Å². The first-order chi connectivity index (χ1) is 8.58. The lowest BCUT2D eigenvalue weighted by Crippen LogP contribution is -2.37. The Hall–Kier alpha value is -1.63. The van der Waals surface area contributed by atoms with Gasteiger partial charge in [0.15, 0.2) is 0 Å². The van der Waals surface area contributed by atoms with Crippen LogP contribution in [0.2, 0.25) is 0 Å². The van der Waals surface area contributed by atoms with E-state index in [1.165, 1.54) is 17.3 Å². The molecule has 1 aromatic heterocycles. The second kappa shape index (κ2) is 5.34. The number of hydrogen-bond acceptors (Lipinski definition) is 5. The highest BCUT2D eigenvalue weighted by Crippen LogP contribution is 2.26. The smallest absolute Gasteiger partial charge is 0.330 e. The standard InChI is InChI=1S/C11H19N5O2/c1-14(7-9-4-3-5-12-6-9)11-10(16(17)18)8-15(2)13-11/h8-9,12H,3-7H2,1-2H3. The van der Waals surface area contributed by atoms with Crippen molar-refractivity contribution in [3.8, 4) is 0 Å². The van der Waals surface area contributed by atoms with Crippen LogP contribution in [0.1, 0.15) is 12.8 Å². The highest BCUT2D eigenvalue weighted by atomic mass is 16.6. The van der Waals surface area contributed by atoms with E-state index in [9.17, 15) is 10.1 Å². The van der Waals surface area contributed by atoms with Gasteiger partial charge in [-0.1, -0.05) is 0 Å². The van der Waals surface area contributed by atoms with Gasteiger partial charge in [0, 0.05) is 20.6 Å². The van der Waals surface area contributed by atoms with E-state index in [0.29, 0.717) is 11.7 Å². The maximum Gasteiger partial charge on any atom is 0.330 e. The Morgan fingerprint density at radius 2 is 2.50 bits per heavy atom. The summed E-state index contributed by atoms with van der Waals surface area (Å²) in [4.78, 5) is 12.5. The fourth-order valence-corrected chi connectivity index (χ4v) is 2.42. The molecule has 1 aliphatic rings. The monoisotopic (exact) mass is 253 g/mol. The first-order valence-electron chi connectivity index (χ1n) is 6.18. The van der Waals surface area contributed by atoms with E-state index in [0.717, 1.165) is 26.1 Å². The van der Waals surface area contributed by atoms with Crippen LogP contribution in [0, 0.1) is 16.0 Å². The second-order valence-electron chi connectivity index (χ2n) is 4.86. The van der Waals surface area contributed by atoms with Crippen molar-refractivity contribution in [2.45, 2.75) is 12.8 Å². The van der Waals surface area contributed by atoms with Crippen molar-refractivity contribution in [1.29, 1.82) is 0 Å². The third kappa shape index (κ3) is 2.79. The van der Waals surface area contributed by atoms with Gasteiger partial charge < -0.3 is 10.2 Å². The number of piperidine rings is 1. The van der Waals surface area contributed by atoms with E-state index < -0.39 is 0 Å². The minimum absolute atomic E-state index is 0.0729. The van der Waals surface area contributed by atoms with Crippen LogP contribution in [0.15, 0.2) is 6.20 Å². The van der Waals surface area contributed by atoms with Gasteiger partial charge in [0.1, 0.15) is 6.20 Å². The predicted octanol–water partition coefficient (Wildman–Crippen LogP) is 0.764. The molecule has 7 nitrogen and oxygen atoms in total. The molecular weight excluding hydrogens is 234 g/mol. The molecule has 0 spiro atoms. The highest BCUT2D eigenvalue weighted by molar-refractivity contribution is 5.56. The molecule has 0 bridgehead atoms. The van der Waals surface area contributed by atoms with E-state index >= 15 is 0 Å². The Balaban J connectivity index is 2.07. The lowest BCUT2D eigenvalue weighted by Gasteiger charge is -2.27. The van der Waals surface area contributed by atoms with Crippen LogP contribution < -0.4 is 10.2 Å². The third-order valence-electron chi connectivity index (χ3n) is 3.28. The summed E-state index contributed by atoms with van der Waals surface area (Å²) >= 11 is 0. The summed E-state index contributed by atoms with van der Waals surface area (Å²) in [6, 6.07) is 0. The van der Waals surface area contributed by atoms with Crippen molar-refractivity contribution < 1.29 is 4.92 Å². The van der Waals surface area contributed by atoms with E-state index in [2.05, 4.69) is 10.4 Å². The van der Waals surface area contributed by atoms with Crippen LogP contribution in [0.5, 0.6) is 0 Å². The van der Waals surface area contributed by atoms with Gasteiger partial charge in [0.05, 0.1) is 4.92 Å². The Morgan fingerprint density at radius 3 is 3.11 bits per heavy atom. The molecule has 1 fully saturated rings. The van der Waals surface area contributed by atoms with Crippen LogP contribution in [0.25, 0.3) is 0 Å². The molecule has 1 aliphatic heterocycles. The van der Waals surface area contributed by atoms with Crippen LogP contribution in [0.3, 0.4) is 0 Å². The fraction of sp³-hybridized carbons (Fsp3) is 0.727. The summed E-state index contributed by atoms with van der Waals surface area (Å²) in [5.74, 6) is 0.985. The quantitative estimate of drug-likeness (QED) is 0.633. The lowest BCUT2D eigenvalue weighted by atomic mass is 9.99. The minimum atomic E-state index is -0.377. The Morgan fingerprint density at radius 1 is 1.72 bits per heavy atom. The molecule has 0 amide bonds. The van der Waals surface area contributed by atoms with Gasteiger partial charge in [0.25, 0.3) is 0 Å². The SMILES string of the molecule is CN(CC1CCCNC1)c1nn(C)cc1[N+](=O)[O-]. The number of nitro groups is 1. The fourth-order valence-electron chi connectivity index (χ4n) is 2.42. The Labute approximate surface area is 106 Å². The van der Waals surface area contributed by atoms with Gasteiger partial charge >= 0.3 is 5.69 Å². The van der Waals surface area contributed by atoms with Crippen molar-refractivity contribution in [2.75, 3.05) is 31.6 Å². The Bertz CT molecular complexity index is 425. The normalized spacial score (nSPS) is 19.8. The molecule has 0 saturated carbocycles. The van der Waals surface area contributed by atoms with Gasteiger partial charge in [-0.2, -0.15) is 0 Å². The predicted molar refractivity (Wildman–Crippen MR) is 68.7 cm³/mol. The van der Waals surface area contributed by atoms with Crippen LogP contribution >= 0.6 is 0 Å². The summed E-state index contributed by atoms with van der Waals surface area (Å²) in [5, 5.41) is 18.5. The summed E-state index contributed by atoms with van der Waals surface area (Å²) in [7, 11) is 3.57. The van der Waals surface area contributed by atoms with E-state index in [1.807, 2.05) is 11.9 Å². The van der Waals surface area contributed by atoms with Crippen molar-refractivity contribution in [3.05, 3.63) is 16.3 Å². The minimum Gasteiger partial charge on any atom is -0.352 e. The summed E-state index contributed by atoms with van der Waals surface area (Å²) in [6.07, 6.45) is 3.78. The van der Waals surface area contributed by atoms with Gasteiger partial charge in [0.2, 0.25) is 5.82 Å². The summed E-state index contributed by atoms with van der Waals surface area (Å²) in [5.41, 5.74) is 0.0729. The molecule has 2 heterocycles. The van der Waals surface area contributed by atoms with Gasteiger partial charge in [-0.15, -0.1) is 5.10 Å². The van der Waals surface area contributed by atoms with Crippen molar-refractivity contribution in [3.63, 3.8) is 0 Å². The topological polar surface area (TPSA) is 76.2 Å². The maximum absolute atomic E-state index is 10.9. The lowest BCUT2D eigenvalue weighted by molar-refractivity contribution is -0.384. The largest absolute Gasteiger partial charge is 0.352 e. The average molecular weight is 253 g/mol. The number of nitrogens with zero attached hydrogens (tertiary/aromatic N) is 4. The average Bonchev–Trinajstić information content (AvgIpc) is 2.73. The molecule has 7 heteroatoms. The second-order valence-corrected chi connectivity index (χ2v) is 4.86. The van der Waals surface area contributed by atoms with Gasteiger partial charge in [-0.25, -0.2) is 0 Å². The number of nitrogens with one attached hydrogen (secondary N) is 1. The number of rotatable bonds is 4. The number of aryl methyl sites for hydroxylation is 1. The zero-order valence-corrected chi connectivity index (χ0v) is 10.8. The van der Waals surface area contributed by atoms with Crippen LogP contribution in [0.4, 0.5) is 11.5 Å². The molecule has 2 rings (SSSR count). The number of aromatic nitrogens is 2. The van der Waals surface area contributed by atoms with E-state index in [1.54, 1.807) is 7.05 Å². The van der Waals surface area contributed by atoms with E-state index in [-0.39, 0.29) is 10.6 Å². The first-order valence-corrected chi connectivity index (χ1v) is 6.18. The molecule has 1 unspecified atom stereocenters. The highest BCUT2D eigenvalue weighted by Gasteiger charge is 2.24. The molecular formula is C11H19N5O2. The molecule has 100 valence electrons. The molecule has 1 aromatic rings. The molecule has 1 N–H and O–H groups in total.